The fourth-order valence-electron chi connectivity index (χ4n) is 3.18. The van der Waals surface area contributed by atoms with E-state index in [2.05, 4.69) is 36.9 Å². The van der Waals surface area contributed by atoms with Crippen molar-refractivity contribution in [3.05, 3.63) is 29.8 Å². The largest absolute Gasteiger partial charge is 0.494 e. The van der Waals surface area contributed by atoms with Crippen LogP contribution in [0.2, 0.25) is 0 Å². The maximum absolute atomic E-state index is 6.42. The standard InChI is InChI=1S/C17H28N2O/c1-4-20-15-8-5-7-14(11-15)17-16(18)9-6-10-19(17)12-13(2)3/h5,7-8,11,13,16-17H,4,6,9-10,12,18H2,1-3H3. The molecule has 0 saturated carbocycles. The maximum atomic E-state index is 6.42. The maximum Gasteiger partial charge on any atom is 0.119 e. The van der Waals surface area contributed by atoms with Gasteiger partial charge in [-0.05, 0) is 49.9 Å². The highest BCUT2D eigenvalue weighted by Gasteiger charge is 2.30. The number of nitrogens with two attached hydrogens (primary N) is 1. The smallest absolute Gasteiger partial charge is 0.119 e. The van der Waals surface area contributed by atoms with E-state index < -0.39 is 0 Å². The molecular weight excluding hydrogens is 248 g/mol. The Kier molecular flexibility index (Phi) is 5.44. The molecule has 0 spiro atoms. The molecular formula is C17H28N2O. The van der Waals surface area contributed by atoms with Crippen molar-refractivity contribution in [3.8, 4) is 5.75 Å². The normalized spacial score (nSPS) is 24.1. The van der Waals surface area contributed by atoms with E-state index in [0.29, 0.717) is 18.6 Å². The van der Waals surface area contributed by atoms with Crippen molar-refractivity contribution < 1.29 is 4.74 Å². The van der Waals surface area contributed by atoms with Gasteiger partial charge in [0.25, 0.3) is 0 Å². The van der Waals surface area contributed by atoms with Crippen LogP contribution in [0.25, 0.3) is 0 Å². The van der Waals surface area contributed by atoms with Crippen LogP contribution in [0.5, 0.6) is 5.75 Å². The fraction of sp³-hybridized carbons (Fsp3) is 0.647. The molecule has 2 rings (SSSR count). The van der Waals surface area contributed by atoms with Gasteiger partial charge in [0.15, 0.2) is 0 Å². The van der Waals surface area contributed by atoms with Gasteiger partial charge in [-0.3, -0.25) is 4.90 Å². The summed E-state index contributed by atoms with van der Waals surface area (Å²) in [6.07, 6.45) is 2.31. The third-order valence-electron chi connectivity index (χ3n) is 3.89. The summed E-state index contributed by atoms with van der Waals surface area (Å²) in [5.41, 5.74) is 7.71. The van der Waals surface area contributed by atoms with E-state index in [1.165, 1.54) is 12.0 Å². The summed E-state index contributed by atoms with van der Waals surface area (Å²) in [6, 6.07) is 8.99. The van der Waals surface area contributed by atoms with Gasteiger partial charge in [0.05, 0.1) is 12.6 Å². The Morgan fingerprint density at radius 1 is 1.40 bits per heavy atom. The van der Waals surface area contributed by atoms with Gasteiger partial charge in [-0.25, -0.2) is 0 Å². The third kappa shape index (κ3) is 3.74. The molecule has 3 nitrogen and oxygen atoms in total. The zero-order chi connectivity index (χ0) is 14.5. The molecule has 1 aliphatic rings. The lowest BCUT2D eigenvalue weighted by Gasteiger charge is -2.41. The molecule has 1 heterocycles. The summed E-state index contributed by atoms with van der Waals surface area (Å²) in [7, 11) is 0. The van der Waals surface area contributed by atoms with Gasteiger partial charge >= 0.3 is 0 Å². The van der Waals surface area contributed by atoms with E-state index in [0.717, 1.165) is 25.3 Å². The van der Waals surface area contributed by atoms with Crippen LogP contribution in [0.4, 0.5) is 0 Å². The summed E-state index contributed by atoms with van der Waals surface area (Å²) < 4.78 is 5.63. The molecule has 1 aliphatic heterocycles. The predicted octanol–water partition coefficient (Wildman–Crippen LogP) is 3.21. The lowest BCUT2D eigenvalue weighted by atomic mass is 9.90. The van der Waals surface area contributed by atoms with Gasteiger partial charge in [0.1, 0.15) is 5.75 Å². The van der Waals surface area contributed by atoms with Gasteiger partial charge in [-0.1, -0.05) is 26.0 Å². The van der Waals surface area contributed by atoms with Crippen LogP contribution in [-0.2, 0) is 0 Å². The number of piperidine rings is 1. The first kappa shape index (κ1) is 15.3. The summed E-state index contributed by atoms with van der Waals surface area (Å²) in [4.78, 5) is 2.55. The predicted molar refractivity (Wildman–Crippen MR) is 84.0 cm³/mol. The van der Waals surface area contributed by atoms with Gasteiger partial charge < -0.3 is 10.5 Å². The van der Waals surface area contributed by atoms with E-state index in [-0.39, 0.29) is 6.04 Å². The van der Waals surface area contributed by atoms with Crippen molar-refractivity contribution in [3.63, 3.8) is 0 Å². The molecule has 0 amide bonds. The van der Waals surface area contributed by atoms with E-state index in [9.17, 15) is 0 Å². The fourth-order valence-corrected chi connectivity index (χ4v) is 3.18. The quantitative estimate of drug-likeness (QED) is 0.897. The van der Waals surface area contributed by atoms with Crippen molar-refractivity contribution in [2.24, 2.45) is 11.7 Å². The highest BCUT2D eigenvalue weighted by atomic mass is 16.5. The van der Waals surface area contributed by atoms with Crippen molar-refractivity contribution in [1.82, 2.24) is 4.90 Å². The van der Waals surface area contributed by atoms with Crippen LogP contribution in [0, 0.1) is 5.92 Å². The highest BCUT2D eigenvalue weighted by molar-refractivity contribution is 5.31. The van der Waals surface area contributed by atoms with Gasteiger partial charge in [-0.2, -0.15) is 0 Å². The van der Waals surface area contributed by atoms with Crippen LogP contribution in [0.3, 0.4) is 0 Å². The Hall–Kier alpha value is -1.06. The second-order valence-electron chi connectivity index (χ2n) is 6.15. The SMILES string of the molecule is CCOc1cccc(C2C(N)CCCN2CC(C)C)c1. The number of nitrogens with zero attached hydrogens (tertiary/aromatic N) is 1. The second kappa shape index (κ2) is 7.09. The van der Waals surface area contributed by atoms with Crippen molar-refractivity contribution in [1.29, 1.82) is 0 Å². The van der Waals surface area contributed by atoms with Crippen LogP contribution in [0.1, 0.15) is 45.2 Å². The van der Waals surface area contributed by atoms with Crippen molar-refractivity contribution in [2.75, 3.05) is 19.7 Å². The number of likely N-dealkylation sites (tertiary alicyclic amines) is 1. The molecule has 2 N–H and O–H groups in total. The van der Waals surface area contributed by atoms with E-state index >= 15 is 0 Å². The Morgan fingerprint density at radius 2 is 2.20 bits per heavy atom. The molecule has 1 fully saturated rings. The number of rotatable bonds is 5. The Morgan fingerprint density at radius 3 is 2.90 bits per heavy atom. The second-order valence-corrected chi connectivity index (χ2v) is 6.15. The third-order valence-corrected chi connectivity index (χ3v) is 3.89. The van der Waals surface area contributed by atoms with Crippen molar-refractivity contribution >= 4 is 0 Å². The Balaban J connectivity index is 2.22. The molecule has 3 heteroatoms. The van der Waals surface area contributed by atoms with Gasteiger partial charge in [-0.15, -0.1) is 0 Å². The summed E-state index contributed by atoms with van der Waals surface area (Å²) in [5.74, 6) is 1.62. The van der Waals surface area contributed by atoms with Crippen LogP contribution in [0.15, 0.2) is 24.3 Å². The van der Waals surface area contributed by atoms with E-state index in [4.69, 9.17) is 10.5 Å². The molecule has 0 radical (unpaired) electrons. The number of hydrogen-bond donors (Lipinski definition) is 1. The molecule has 0 aromatic heterocycles. The van der Waals surface area contributed by atoms with Crippen molar-refractivity contribution in [2.45, 2.75) is 45.7 Å². The first-order valence-corrected chi connectivity index (χ1v) is 7.84. The first-order valence-electron chi connectivity index (χ1n) is 7.84. The summed E-state index contributed by atoms with van der Waals surface area (Å²) in [6.45, 7) is 9.52. The molecule has 20 heavy (non-hydrogen) atoms. The molecule has 2 atom stereocenters. The molecule has 0 aliphatic carbocycles. The van der Waals surface area contributed by atoms with Gasteiger partial charge in [0.2, 0.25) is 0 Å². The number of ether oxygens (including phenoxy) is 1. The molecule has 1 aromatic carbocycles. The minimum atomic E-state index is 0.222. The number of benzene rings is 1. The zero-order valence-electron chi connectivity index (χ0n) is 13.0. The number of hydrogen-bond acceptors (Lipinski definition) is 3. The molecule has 2 unspecified atom stereocenters. The van der Waals surface area contributed by atoms with E-state index in [1.807, 2.05) is 13.0 Å². The minimum absolute atomic E-state index is 0.222. The zero-order valence-corrected chi connectivity index (χ0v) is 13.0. The van der Waals surface area contributed by atoms with Gasteiger partial charge in [0, 0.05) is 12.6 Å². The topological polar surface area (TPSA) is 38.5 Å². The first-order chi connectivity index (χ1) is 9.61. The van der Waals surface area contributed by atoms with Crippen LogP contribution in [-0.4, -0.2) is 30.6 Å². The average molecular weight is 276 g/mol. The molecule has 1 aromatic rings. The summed E-state index contributed by atoms with van der Waals surface area (Å²) in [5, 5.41) is 0. The Bertz CT molecular complexity index is 419. The highest BCUT2D eigenvalue weighted by Crippen LogP contribution is 2.32. The van der Waals surface area contributed by atoms with Crippen LogP contribution < -0.4 is 10.5 Å². The molecule has 112 valence electrons. The lowest BCUT2D eigenvalue weighted by molar-refractivity contribution is 0.114. The summed E-state index contributed by atoms with van der Waals surface area (Å²) >= 11 is 0. The van der Waals surface area contributed by atoms with Crippen LogP contribution >= 0.6 is 0 Å². The Labute approximate surface area is 123 Å². The average Bonchev–Trinajstić information content (AvgIpc) is 2.39. The monoisotopic (exact) mass is 276 g/mol. The minimum Gasteiger partial charge on any atom is -0.494 e. The molecule has 0 bridgehead atoms. The lowest BCUT2D eigenvalue weighted by Crippen LogP contribution is -2.47. The molecule has 1 saturated heterocycles. The van der Waals surface area contributed by atoms with E-state index in [1.54, 1.807) is 0 Å².